The van der Waals surface area contributed by atoms with Crippen molar-refractivity contribution in [2.24, 2.45) is 5.73 Å². The zero-order valence-corrected chi connectivity index (χ0v) is 13.5. The molecule has 21 heavy (non-hydrogen) atoms. The van der Waals surface area contributed by atoms with Crippen LogP contribution in [0.1, 0.15) is 24.0 Å². The lowest BCUT2D eigenvalue weighted by Crippen LogP contribution is -2.15. The normalized spacial score (nSPS) is 12.2. The number of halogens is 2. The van der Waals surface area contributed by atoms with Gasteiger partial charge < -0.3 is 10.5 Å². The Balaban J connectivity index is 2.19. The molecule has 2 aromatic carbocycles. The molecule has 2 rings (SSSR count). The quantitative estimate of drug-likeness (QED) is 0.837. The van der Waals surface area contributed by atoms with Gasteiger partial charge in [-0.05, 0) is 55.3 Å². The van der Waals surface area contributed by atoms with E-state index in [4.69, 9.17) is 33.7 Å². The Kier molecular flexibility index (Phi) is 5.92. The first-order chi connectivity index (χ1) is 10.1. The average molecular weight is 324 g/mol. The van der Waals surface area contributed by atoms with Crippen molar-refractivity contribution >= 4 is 23.2 Å². The standard InChI is InChI=1S/C17H19Cl2NO/c1-2-21-15-5-3-4-13(10-15)14(11-20)8-12-6-7-16(18)17(19)9-12/h3-7,9-10,14H,2,8,11,20H2,1H3. The van der Waals surface area contributed by atoms with Crippen molar-refractivity contribution in [1.82, 2.24) is 0 Å². The summed E-state index contributed by atoms with van der Waals surface area (Å²) in [7, 11) is 0. The third-order valence-electron chi connectivity index (χ3n) is 3.39. The highest BCUT2D eigenvalue weighted by molar-refractivity contribution is 6.42. The molecule has 1 unspecified atom stereocenters. The fourth-order valence-corrected chi connectivity index (χ4v) is 2.63. The summed E-state index contributed by atoms with van der Waals surface area (Å²) in [4.78, 5) is 0. The summed E-state index contributed by atoms with van der Waals surface area (Å²) in [5, 5.41) is 1.15. The molecule has 1 atom stereocenters. The molecule has 112 valence electrons. The minimum absolute atomic E-state index is 0.225. The van der Waals surface area contributed by atoms with Gasteiger partial charge in [0, 0.05) is 5.92 Å². The molecule has 0 bridgehead atoms. The van der Waals surface area contributed by atoms with E-state index in [0.29, 0.717) is 23.2 Å². The largest absolute Gasteiger partial charge is 0.494 e. The Morgan fingerprint density at radius 2 is 1.90 bits per heavy atom. The van der Waals surface area contributed by atoms with E-state index in [1.54, 1.807) is 0 Å². The zero-order valence-electron chi connectivity index (χ0n) is 12.0. The first-order valence-electron chi connectivity index (χ1n) is 7.00. The van der Waals surface area contributed by atoms with Crippen LogP contribution in [0.25, 0.3) is 0 Å². The number of rotatable bonds is 6. The number of ether oxygens (including phenoxy) is 1. The van der Waals surface area contributed by atoms with E-state index < -0.39 is 0 Å². The van der Waals surface area contributed by atoms with Crippen molar-refractivity contribution in [1.29, 1.82) is 0 Å². The fraction of sp³-hybridized carbons (Fsp3) is 0.294. The average Bonchev–Trinajstić information content (AvgIpc) is 2.49. The van der Waals surface area contributed by atoms with Gasteiger partial charge in [-0.3, -0.25) is 0 Å². The molecule has 0 aliphatic carbocycles. The predicted octanol–water partition coefficient (Wildman–Crippen LogP) is 4.68. The van der Waals surface area contributed by atoms with Crippen LogP contribution in [0, 0.1) is 0 Å². The van der Waals surface area contributed by atoms with Crippen LogP contribution in [0.5, 0.6) is 5.75 Å². The number of hydrogen-bond acceptors (Lipinski definition) is 2. The molecule has 0 heterocycles. The maximum atomic E-state index is 6.07. The van der Waals surface area contributed by atoms with Gasteiger partial charge in [0.05, 0.1) is 16.7 Å². The van der Waals surface area contributed by atoms with Crippen LogP contribution in [-0.2, 0) is 6.42 Å². The summed E-state index contributed by atoms with van der Waals surface area (Å²) >= 11 is 12.0. The van der Waals surface area contributed by atoms with Gasteiger partial charge >= 0.3 is 0 Å². The van der Waals surface area contributed by atoms with Gasteiger partial charge in [0.1, 0.15) is 5.75 Å². The molecule has 0 amide bonds. The third kappa shape index (κ3) is 4.37. The second-order valence-corrected chi connectivity index (χ2v) is 5.71. The van der Waals surface area contributed by atoms with Gasteiger partial charge in [-0.25, -0.2) is 0 Å². The Hall–Kier alpha value is -1.22. The van der Waals surface area contributed by atoms with Crippen molar-refractivity contribution in [3.63, 3.8) is 0 Å². The Bertz CT molecular complexity index is 601. The van der Waals surface area contributed by atoms with Crippen LogP contribution in [0.4, 0.5) is 0 Å². The number of nitrogens with two attached hydrogens (primary N) is 1. The SMILES string of the molecule is CCOc1cccc(C(CN)Cc2ccc(Cl)c(Cl)c2)c1. The molecule has 0 spiro atoms. The van der Waals surface area contributed by atoms with E-state index >= 15 is 0 Å². The molecule has 4 heteroatoms. The molecular formula is C17H19Cl2NO. The summed E-state index contributed by atoms with van der Waals surface area (Å²) in [6, 6.07) is 13.8. The van der Waals surface area contributed by atoms with E-state index in [1.807, 2.05) is 37.3 Å². The van der Waals surface area contributed by atoms with E-state index in [0.717, 1.165) is 17.7 Å². The molecule has 0 saturated carbocycles. The second kappa shape index (κ2) is 7.69. The Morgan fingerprint density at radius 3 is 2.57 bits per heavy atom. The molecule has 0 fully saturated rings. The third-order valence-corrected chi connectivity index (χ3v) is 4.13. The minimum Gasteiger partial charge on any atom is -0.494 e. The van der Waals surface area contributed by atoms with Gasteiger partial charge in [0.15, 0.2) is 0 Å². The highest BCUT2D eigenvalue weighted by atomic mass is 35.5. The fourth-order valence-electron chi connectivity index (χ4n) is 2.31. The minimum atomic E-state index is 0.225. The summed E-state index contributed by atoms with van der Waals surface area (Å²) in [5.41, 5.74) is 8.25. The smallest absolute Gasteiger partial charge is 0.119 e. The molecule has 2 aromatic rings. The van der Waals surface area contributed by atoms with Crippen LogP contribution in [0.2, 0.25) is 10.0 Å². The van der Waals surface area contributed by atoms with Gasteiger partial charge in [-0.2, -0.15) is 0 Å². The molecule has 2 nitrogen and oxygen atoms in total. The van der Waals surface area contributed by atoms with Crippen LogP contribution in [0.3, 0.4) is 0 Å². The lowest BCUT2D eigenvalue weighted by molar-refractivity contribution is 0.339. The van der Waals surface area contributed by atoms with Gasteiger partial charge in [0.25, 0.3) is 0 Å². The first-order valence-corrected chi connectivity index (χ1v) is 7.76. The van der Waals surface area contributed by atoms with E-state index in [-0.39, 0.29) is 5.92 Å². The number of benzene rings is 2. The molecule has 0 aliphatic heterocycles. The van der Waals surface area contributed by atoms with Crippen molar-refractivity contribution in [2.45, 2.75) is 19.3 Å². The summed E-state index contributed by atoms with van der Waals surface area (Å²) < 4.78 is 5.55. The van der Waals surface area contributed by atoms with E-state index in [1.165, 1.54) is 5.56 Å². The van der Waals surface area contributed by atoms with Crippen LogP contribution >= 0.6 is 23.2 Å². The lowest BCUT2D eigenvalue weighted by atomic mass is 9.92. The maximum Gasteiger partial charge on any atom is 0.119 e. The van der Waals surface area contributed by atoms with Gasteiger partial charge in [-0.1, -0.05) is 41.4 Å². The van der Waals surface area contributed by atoms with Crippen molar-refractivity contribution in [3.8, 4) is 5.75 Å². The summed E-state index contributed by atoms with van der Waals surface area (Å²) in [6.45, 7) is 3.20. The summed E-state index contributed by atoms with van der Waals surface area (Å²) in [6.07, 6.45) is 0.822. The van der Waals surface area contributed by atoms with Gasteiger partial charge in [-0.15, -0.1) is 0 Å². The van der Waals surface area contributed by atoms with Crippen LogP contribution in [0.15, 0.2) is 42.5 Å². The molecular weight excluding hydrogens is 305 g/mol. The lowest BCUT2D eigenvalue weighted by Gasteiger charge is -2.17. The van der Waals surface area contributed by atoms with E-state index in [2.05, 4.69) is 12.1 Å². The Labute approximate surface area is 135 Å². The van der Waals surface area contributed by atoms with E-state index in [9.17, 15) is 0 Å². The van der Waals surface area contributed by atoms with Crippen LogP contribution < -0.4 is 10.5 Å². The summed E-state index contributed by atoms with van der Waals surface area (Å²) in [5.74, 6) is 1.10. The molecule has 2 N–H and O–H groups in total. The predicted molar refractivity (Wildman–Crippen MR) is 89.6 cm³/mol. The van der Waals surface area contributed by atoms with Gasteiger partial charge in [0.2, 0.25) is 0 Å². The molecule has 0 radical (unpaired) electrons. The van der Waals surface area contributed by atoms with Crippen molar-refractivity contribution < 1.29 is 4.74 Å². The molecule has 0 aliphatic rings. The maximum absolute atomic E-state index is 6.07. The zero-order chi connectivity index (χ0) is 15.2. The highest BCUT2D eigenvalue weighted by Crippen LogP contribution is 2.27. The van der Waals surface area contributed by atoms with Crippen molar-refractivity contribution in [3.05, 3.63) is 63.6 Å². The van der Waals surface area contributed by atoms with Crippen LogP contribution in [-0.4, -0.2) is 13.2 Å². The highest BCUT2D eigenvalue weighted by Gasteiger charge is 2.12. The number of hydrogen-bond donors (Lipinski definition) is 1. The van der Waals surface area contributed by atoms with Crippen molar-refractivity contribution in [2.75, 3.05) is 13.2 Å². The molecule has 0 saturated heterocycles. The second-order valence-electron chi connectivity index (χ2n) is 4.89. The molecule has 0 aromatic heterocycles. The topological polar surface area (TPSA) is 35.2 Å². The first kappa shape index (κ1) is 16.2. The monoisotopic (exact) mass is 323 g/mol. The Morgan fingerprint density at radius 1 is 1.10 bits per heavy atom.